The van der Waals surface area contributed by atoms with Crippen LogP contribution in [0.5, 0.6) is 5.88 Å². The van der Waals surface area contributed by atoms with Gasteiger partial charge in [0.25, 0.3) is 0 Å². The number of aryl methyl sites for hydroxylation is 3. The molecule has 0 aliphatic rings. The summed E-state index contributed by atoms with van der Waals surface area (Å²) in [5.41, 5.74) is 2.64. The van der Waals surface area contributed by atoms with Crippen LogP contribution in [0.15, 0.2) is 42.5 Å². The van der Waals surface area contributed by atoms with E-state index in [1.807, 2.05) is 19.1 Å². The summed E-state index contributed by atoms with van der Waals surface area (Å²) in [4.78, 5) is 25.5. The van der Waals surface area contributed by atoms with Gasteiger partial charge in [0.1, 0.15) is 5.56 Å². The van der Waals surface area contributed by atoms with Crippen molar-refractivity contribution in [1.29, 1.82) is 0 Å². The van der Waals surface area contributed by atoms with Crippen LogP contribution in [0.3, 0.4) is 0 Å². The van der Waals surface area contributed by atoms with Crippen molar-refractivity contribution in [3.8, 4) is 5.88 Å². The SMILES string of the molecule is Cc1ccc(C(=O)COc2c(C(=O)c3ccc(Cl)cc3Cl)c(C)nn2C)cc1. The van der Waals surface area contributed by atoms with Crippen molar-refractivity contribution in [2.45, 2.75) is 13.8 Å². The van der Waals surface area contributed by atoms with Gasteiger partial charge in [-0.25, -0.2) is 4.68 Å². The number of benzene rings is 2. The van der Waals surface area contributed by atoms with Crippen molar-refractivity contribution in [1.82, 2.24) is 9.78 Å². The van der Waals surface area contributed by atoms with E-state index in [9.17, 15) is 9.59 Å². The quantitative estimate of drug-likeness (QED) is 0.539. The van der Waals surface area contributed by atoms with Crippen LogP contribution < -0.4 is 4.74 Å². The molecular formula is C21H18Cl2N2O3. The maximum absolute atomic E-state index is 13.0. The molecule has 5 nitrogen and oxygen atoms in total. The maximum atomic E-state index is 13.0. The molecule has 3 aromatic rings. The van der Waals surface area contributed by atoms with Crippen LogP contribution in [0.2, 0.25) is 10.0 Å². The zero-order valence-corrected chi connectivity index (χ0v) is 17.1. The molecule has 0 atom stereocenters. The highest BCUT2D eigenvalue weighted by molar-refractivity contribution is 6.37. The third kappa shape index (κ3) is 4.11. The Morgan fingerprint density at radius 2 is 1.75 bits per heavy atom. The monoisotopic (exact) mass is 416 g/mol. The van der Waals surface area contributed by atoms with E-state index in [0.29, 0.717) is 16.3 Å². The molecule has 0 radical (unpaired) electrons. The van der Waals surface area contributed by atoms with Crippen LogP contribution in [0.25, 0.3) is 0 Å². The average molecular weight is 417 g/mol. The van der Waals surface area contributed by atoms with E-state index in [1.165, 1.54) is 10.7 Å². The van der Waals surface area contributed by atoms with Gasteiger partial charge in [0.2, 0.25) is 11.7 Å². The third-order valence-corrected chi connectivity index (χ3v) is 4.83. The first kappa shape index (κ1) is 20.1. The number of carbonyl (C=O) groups is 2. The second-order valence-electron chi connectivity index (χ2n) is 6.42. The Morgan fingerprint density at radius 3 is 2.39 bits per heavy atom. The molecule has 0 unspecified atom stereocenters. The zero-order valence-electron chi connectivity index (χ0n) is 15.6. The number of rotatable bonds is 6. The summed E-state index contributed by atoms with van der Waals surface area (Å²) >= 11 is 12.1. The smallest absolute Gasteiger partial charge is 0.223 e. The zero-order chi connectivity index (χ0) is 20.4. The van der Waals surface area contributed by atoms with E-state index < -0.39 is 0 Å². The van der Waals surface area contributed by atoms with Crippen molar-refractivity contribution in [3.63, 3.8) is 0 Å². The topological polar surface area (TPSA) is 61.2 Å². The third-order valence-electron chi connectivity index (χ3n) is 4.29. The Kier molecular flexibility index (Phi) is 5.87. The minimum Gasteiger partial charge on any atom is -0.469 e. The predicted octanol–water partition coefficient (Wildman–Crippen LogP) is 4.84. The second kappa shape index (κ2) is 8.17. The summed E-state index contributed by atoms with van der Waals surface area (Å²) in [6.07, 6.45) is 0. The summed E-state index contributed by atoms with van der Waals surface area (Å²) in [5, 5.41) is 4.93. The molecule has 7 heteroatoms. The minimum absolute atomic E-state index is 0.193. The first-order valence-electron chi connectivity index (χ1n) is 8.54. The molecule has 1 aromatic heterocycles. The number of halogens is 2. The number of nitrogens with zero attached hydrogens (tertiary/aromatic N) is 2. The Balaban J connectivity index is 1.87. The second-order valence-corrected chi connectivity index (χ2v) is 7.26. The van der Waals surface area contributed by atoms with Crippen molar-refractivity contribution in [3.05, 3.63) is 80.5 Å². The fourth-order valence-corrected chi connectivity index (χ4v) is 3.32. The normalized spacial score (nSPS) is 10.8. The fraction of sp³-hybridized carbons (Fsp3) is 0.190. The molecule has 3 rings (SSSR count). The molecule has 2 aromatic carbocycles. The lowest BCUT2D eigenvalue weighted by molar-refractivity contribution is 0.0908. The van der Waals surface area contributed by atoms with Crippen LogP contribution in [-0.4, -0.2) is 28.0 Å². The van der Waals surface area contributed by atoms with Crippen LogP contribution in [-0.2, 0) is 7.05 Å². The number of ketones is 2. The Bertz CT molecular complexity index is 1060. The lowest BCUT2D eigenvalue weighted by Gasteiger charge is -2.09. The summed E-state index contributed by atoms with van der Waals surface area (Å²) in [6, 6.07) is 11.9. The molecular weight excluding hydrogens is 399 g/mol. The summed E-state index contributed by atoms with van der Waals surface area (Å²) in [7, 11) is 1.65. The summed E-state index contributed by atoms with van der Waals surface area (Å²) in [6.45, 7) is 3.44. The van der Waals surface area contributed by atoms with Crippen molar-refractivity contribution in [2.24, 2.45) is 7.05 Å². The maximum Gasteiger partial charge on any atom is 0.223 e. The van der Waals surface area contributed by atoms with Gasteiger partial charge in [0.15, 0.2) is 12.4 Å². The fourth-order valence-electron chi connectivity index (χ4n) is 2.83. The molecule has 0 spiro atoms. The number of ether oxygens (including phenoxy) is 1. The van der Waals surface area contributed by atoms with Crippen LogP contribution in [0, 0.1) is 13.8 Å². The summed E-state index contributed by atoms with van der Waals surface area (Å²) in [5.74, 6) is -0.319. The molecule has 0 fully saturated rings. The molecule has 28 heavy (non-hydrogen) atoms. The highest BCUT2D eigenvalue weighted by Crippen LogP contribution is 2.29. The van der Waals surface area contributed by atoms with Gasteiger partial charge < -0.3 is 4.74 Å². The molecule has 0 N–H and O–H groups in total. The van der Waals surface area contributed by atoms with Gasteiger partial charge in [-0.3, -0.25) is 9.59 Å². The van der Waals surface area contributed by atoms with E-state index in [0.717, 1.165) is 5.56 Å². The van der Waals surface area contributed by atoms with Crippen LogP contribution in [0.4, 0.5) is 0 Å². The van der Waals surface area contributed by atoms with E-state index >= 15 is 0 Å². The van der Waals surface area contributed by atoms with Crippen molar-refractivity contribution in [2.75, 3.05) is 6.61 Å². The van der Waals surface area contributed by atoms with E-state index in [-0.39, 0.29) is 40.2 Å². The highest BCUT2D eigenvalue weighted by Gasteiger charge is 2.25. The first-order valence-corrected chi connectivity index (χ1v) is 9.29. The number of aromatic nitrogens is 2. The predicted molar refractivity (Wildman–Crippen MR) is 109 cm³/mol. The van der Waals surface area contributed by atoms with E-state index in [2.05, 4.69) is 5.10 Å². The van der Waals surface area contributed by atoms with Gasteiger partial charge >= 0.3 is 0 Å². The average Bonchev–Trinajstić information content (AvgIpc) is 2.93. The molecule has 0 saturated carbocycles. The summed E-state index contributed by atoms with van der Waals surface area (Å²) < 4.78 is 7.14. The van der Waals surface area contributed by atoms with Crippen molar-refractivity contribution >= 4 is 34.8 Å². The van der Waals surface area contributed by atoms with Gasteiger partial charge in [0, 0.05) is 23.2 Å². The number of hydrogen-bond acceptors (Lipinski definition) is 4. The minimum atomic E-state index is -0.343. The van der Waals surface area contributed by atoms with Gasteiger partial charge in [-0.1, -0.05) is 53.0 Å². The molecule has 144 valence electrons. The Hall–Kier alpha value is -2.63. The molecule has 1 heterocycles. The molecule has 0 bridgehead atoms. The van der Waals surface area contributed by atoms with Crippen molar-refractivity contribution < 1.29 is 14.3 Å². The van der Waals surface area contributed by atoms with Gasteiger partial charge in [-0.15, -0.1) is 0 Å². The lowest BCUT2D eigenvalue weighted by atomic mass is 10.0. The van der Waals surface area contributed by atoms with E-state index in [4.69, 9.17) is 27.9 Å². The van der Waals surface area contributed by atoms with Gasteiger partial charge in [-0.2, -0.15) is 5.10 Å². The Labute approximate surface area is 172 Å². The Morgan fingerprint density at radius 1 is 1.07 bits per heavy atom. The number of carbonyl (C=O) groups excluding carboxylic acids is 2. The van der Waals surface area contributed by atoms with Crippen LogP contribution in [0.1, 0.15) is 37.5 Å². The number of Topliss-reactive ketones (excluding diaryl/α,β-unsaturated/α-hetero) is 1. The molecule has 0 aliphatic carbocycles. The largest absolute Gasteiger partial charge is 0.469 e. The first-order chi connectivity index (χ1) is 13.3. The lowest BCUT2D eigenvalue weighted by Crippen LogP contribution is -2.15. The highest BCUT2D eigenvalue weighted by atomic mass is 35.5. The molecule has 0 aliphatic heterocycles. The van der Waals surface area contributed by atoms with E-state index in [1.54, 1.807) is 38.2 Å². The van der Waals surface area contributed by atoms with Gasteiger partial charge in [0.05, 0.1) is 10.7 Å². The number of hydrogen-bond donors (Lipinski definition) is 0. The molecule has 0 saturated heterocycles. The molecule has 0 amide bonds. The standard InChI is InChI=1S/C21H18Cl2N2O3/c1-12-4-6-14(7-5-12)18(26)11-28-21-19(13(2)24-25(21)3)20(27)16-9-8-15(22)10-17(16)23/h4-10H,11H2,1-3H3. The van der Waals surface area contributed by atoms with Crippen LogP contribution >= 0.6 is 23.2 Å². The van der Waals surface area contributed by atoms with Gasteiger partial charge in [-0.05, 0) is 32.0 Å².